The van der Waals surface area contributed by atoms with Gasteiger partial charge in [0, 0.05) is 21.8 Å². The fourth-order valence-electron chi connectivity index (χ4n) is 3.62. The zero-order valence-corrected chi connectivity index (χ0v) is 17.7. The summed E-state index contributed by atoms with van der Waals surface area (Å²) in [5, 5.41) is 4.73. The molecule has 2 aliphatic rings. The van der Waals surface area contributed by atoms with Gasteiger partial charge >= 0.3 is 0 Å². The first kappa shape index (κ1) is 19.2. The quantitative estimate of drug-likeness (QED) is 0.428. The first-order chi connectivity index (χ1) is 14.7. The maximum atomic E-state index is 13.4. The first-order valence-corrected chi connectivity index (χ1v) is 11.0. The molecule has 0 atom stereocenters. The SMILES string of the molecule is O=c1c2c(nc(N=Cc3ccc(Cl)cc3)n1Cc1ccccc1)SC1=C(CCC1)N2. The van der Waals surface area contributed by atoms with Gasteiger partial charge in [-0.3, -0.25) is 9.36 Å². The van der Waals surface area contributed by atoms with E-state index in [0.29, 0.717) is 28.2 Å². The van der Waals surface area contributed by atoms with Gasteiger partial charge in [0.2, 0.25) is 5.95 Å². The molecule has 2 heterocycles. The number of rotatable bonds is 4. The smallest absolute Gasteiger partial charge is 0.280 e. The maximum Gasteiger partial charge on any atom is 0.280 e. The van der Waals surface area contributed by atoms with Crippen LogP contribution in [0.5, 0.6) is 0 Å². The number of aromatic nitrogens is 2. The third kappa shape index (κ3) is 3.80. The van der Waals surface area contributed by atoms with Crippen LogP contribution in [0.4, 0.5) is 11.6 Å². The summed E-state index contributed by atoms with van der Waals surface area (Å²) in [4.78, 5) is 24.0. The zero-order valence-electron chi connectivity index (χ0n) is 16.1. The van der Waals surface area contributed by atoms with Crippen LogP contribution in [0.3, 0.4) is 0 Å². The minimum absolute atomic E-state index is 0.0990. The highest BCUT2D eigenvalue weighted by Gasteiger charge is 2.27. The molecule has 150 valence electrons. The van der Waals surface area contributed by atoms with E-state index in [9.17, 15) is 4.79 Å². The number of nitrogens with zero attached hydrogens (tertiary/aromatic N) is 3. The molecule has 0 radical (unpaired) electrons. The number of anilines is 1. The van der Waals surface area contributed by atoms with E-state index >= 15 is 0 Å². The average molecular weight is 435 g/mol. The summed E-state index contributed by atoms with van der Waals surface area (Å²) < 4.78 is 1.63. The van der Waals surface area contributed by atoms with Gasteiger partial charge in [-0.25, -0.2) is 9.98 Å². The van der Waals surface area contributed by atoms with Crippen molar-refractivity contribution < 1.29 is 0 Å². The summed E-state index contributed by atoms with van der Waals surface area (Å²) in [6.07, 6.45) is 4.84. The molecule has 1 aromatic heterocycles. The molecular weight excluding hydrogens is 416 g/mol. The predicted octanol–water partition coefficient (Wildman–Crippen LogP) is 5.61. The Kier molecular flexibility index (Phi) is 5.19. The Morgan fingerprint density at radius 1 is 1.13 bits per heavy atom. The summed E-state index contributed by atoms with van der Waals surface area (Å²) in [6, 6.07) is 17.3. The molecule has 1 N–H and O–H groups in total. The molecule has 3 aromatic rings. The van der Waals surface area contributed by atoms with Crippen molar-refractivity contribution >= 4 is 41.2 Å². The molecule has 0 saturated carbocycles. The van der Waals surface area contributed by atoms with Crippen molar-refractivity contribution in [2.75, 3.05) is 5.32 Å². The topological polar surface area (TPSA) is 59.3 Å². The number of hydrogen-bond donors (Lipinski definition) is 1. The van der Waals surface area contributed by atoms with Crippen molar-refractivity contribution in [1.82, 2.24) is 9.55 Å². The number of benzene rings is 2. The second-order valence-electron chi connectivity index (χ2n) is 7.26. The zero-order chi connectivity index (χ0) is 20.5. The number of nitrogens with one attached hydrogen (secondary N) is 1. The van der Waals surface area contributed by atoms with Crippen LogP contribution >= 0.6 is 23.4 Å². The Hall–Kier alpha value is -2.83. The van der Waals surface area contributed by atoms with Crippen molar-refractivity contribution in [3.63, 3.8) is 0 Å². The van der Waals surface area contributed by atoms with Gasteiger partial charge in [0.25, 0.3) is 5.56 Å². The van der Waals surface area contributed by atoms with Crippen LogP contribution in [0.2, 0.25) is 5.02 Å². The second kappa shape index (κ2) is 8.13. The number of aliphatic imine (C=N–C) groups is 1. The van der Waals surface area contributed by atoms with Gasteiger partial charge in [-0.1, -0.05) is 65.8 Å². The van der Waals surface area contributed by atoms with Gasteiger partial charge in [-0.05, 0) is 42.5 Å². The van der Waals surface area contributed by atoms with Crippen molar-refractivity contribution in [3.8, 4) is 0 Å². The van der Waals surface area contributed by atoms with Crippen LogP contribution in [-0.4, -0.2) is 15.8 Å². The molecule has 5 rings (SSSR count). The Labute approximate surface area is 183 Å². The second-order valence-corrected chi connectivity index (χ2v) is 8.78. The van der Waals surface area contributed by atoms with Crippen molar-refractivity contribution in [1.29, 1.82) is 0 Å². The Morgan fingerprint density at radius 2 is 1.93 bits per heavy atom. The van der Waals surface area contributed by atoms with Crippen LogP contribution in [-0.2, 0) is 6.54 Å². The third-order valence-electron chi connectivity index (χ3n) is 5.16. The van der Waals surface area contributed by atoms with Gasteiger partial charge < -0.3 is 5.32 Å². The van der Waals surface area contributed by atoms with Crippen LogP contribution < -0.4 is 10.9 Å². The minimum Gasteiger partial charge on any atom is -0.351 e. The highest BCUT2D eigenvalue weighted by atomic mass is 35.5. The predicted molar refractivity (Wildman–Crippen MR) is 123 cm³/mol. The average Bonchev–Trinajstić information content (AvgIpc) is 3.23. The lowest BCUT2D eigenvalue weighted by Crippen LogP contribution is -2.27. The standard InChI is InChI=1S/C23H19ClN4OS/c24-17-11-9-15(10-12-17)13-25-23-27-21-20(26-18-7-4-8-19(18)30-21)22(29)28(23)14-16-5-2-1-3-6-16/h1-3,5-6,9-13,26H,4,7-8,14H2. The van der Waals surface area contributed by atoms with Gasteiger partial charge in [-0.2, -0.15) is 0 Å². The summed E-state index contributed by atoms with van der Waals surface area (Å²) in [7, 11) is 0. The molecule has 1 aliphatic heterocycles. The summed E-state index contributed by atoms with van der Waals surface area (Å²) in [6.45, 7) is 0.408. The molecule has 0 spiro atoms. The summed E-state index contributed by atoms with van der Waals surface area (Å²) >= 11 is 7.57. The fraction of sp³-hybridized carbons (Fsp3) is 0.174. The number of thioether (sulfide) groups is 1. The minimum atomic E-state index is -0.0990. The van der Waals surface area contributed by atoms with E-state index in [4.69, 9.17) is 16.6 Å². The van der Waals surface area contributed by atoms with Crippen LogP contribution in [0.1, 0.15) is 30.4 Å². The van der Waals surface area contributed by atoms with Gasteiger partial charge in [0.15, 0.2) is 0 Å². The van der Waals surface area contributed by atoms with E-state index < -0.39 is 0 Å². The van der Waals surface area contributed by atoms with E-state index in [1.807, 2.05) is 54.6 Å². The number of hydrogen-bond acceptors (Lipinski definition) is 5. The molecule has 5 nitrogen and oxygen atoms in total. The lowest BCUT2D eigenvalue weighted by atomic mass is 10.2. The lowest BCUT2D eigenvalue weighted by Gasteiger charge is -2.21. The molecule has 7 heteroatoms. The normalized spacial score (nSPS) is 15.2. The molecule has 0 fully saturated rings. The molecule has 0 saturated heterocycles. The molecule has 2 aromatic carbocycles. The van der Waals surface area contributed by atoms with E-state index in [1.165, 1.54) is 4.91 Å². The van der Waals surface area contributed by atoms with E-state index in [2.05, 4.69) is 10.3 Å². The monoisotopic (exact) mass is 434 g/mol. The van der Waals surface area contributed by atoms with Crippen molar-refractivity contribution in [3.05, 3.63) is 91.7 Å². The Bertz CT molecular complexity index is 1220. The molecule has 0 unspecified atom stereocenters. The molecule has 1 aliphatic carbocycles. The largest absolute Gasteiger partial charge is 0.351 e. The van der Waals surface area contributed by atoms with E-state index in [-0.39, 0.29) is 5.56 Å². The third-order valence-corrected chi connectivity index (χ3v) is 6.60. The maximum absolute atomic E-state index is 13.4. The molecular formula is C23H19ClN4OS. The van der Waals surface area contributed by atoms with Gasteiger partial charge in [-0.15, -0.1) is 0 Å². The highest BCUT2D eigenvalue weighted by molar-refractivity contribution is 8.03. The van der Waals surface area contributed by atoms with E-state index in [0.717, 1.165) is 36.1 Å². The van der Waals surface area contributed by atoms with Gasteiger partial charge in [0.05, 0.1) is 6.54 Å². The van der Waals surface area contributed by atoms with Crippen LogP contribution in [0.15, 0.2) is 80.0 Å². The van der Waals surface area contributed by atoms with E-state index in [1.54, 1.807) is 22.5 Å². The van der Waals surface area contributed by atoms with Gasteiger partial charge in [0.1, 0.15) is 10.7 Å². The Morgan fingerprint density at radius 3 is 2.73 bits per heavy atom. The summed E-state index contributed by atoms with van der Waals surface area (Å²) in [5.41, 5.74) is 3.54. The van der Waals surface area contributed by atoms with Crippen LogP contribution in [0.25, 0.3) is 0 Å². The number of fused-ring (bicyclic) bond motifs is 1. The molecule has 30 heavy (non-hydrogen) atoms. The Balaban J connectivity index is 1.58. The fourth-order valence-corrected chi connectivity index (χ4v) is 4.87. The van der Waals surface area contributed by atoms with Crippen molar-refractivity contribution in [2.24, 2.45) is 4.99 Å². The number of halogens is 1. The highest BCUT2D eigenvalue weighted by Crippen LogP contribution is 2.44. The first-order valence-electron chi connectivity index (χ1n) is 9.83. The molecule has 0 amide bonds. The van der Waals surface area contributed by atoms with Crippen LogP contribution in [0, 0.1) is 0 Å². The molecule has 0 bridgehead atoms. The van der Waals surface area contributed by atoms with Crippen molar-refractivity contribution in [2.45, 2.75) is 30.8 Å². The number of allylic oxidation sites excluding steroid dienone is 2. The summed E-state index contributed by atoms with van der Waals surface area (Å²) in [5.74, 6) is 0.397. The lowest BCUT2D eigenvalue weighted by molar-refractivity contribution is 0.728.